The highest BCUT2D eigenvalue weighted by Crippen LogP contribution is 2.13. The Morgan fingerprint density at radius 2 is 2.24 bits per heavy atom. The van der Waals surface area contributed by atoms with E-state index in [2.05, 4.69) is 20.3 Å². The Balaban J connectivity index is 1.99. The van der Waals surface area contributed by atoms with Crippen LogP contribution in [-0.2, 0) is 17.9 Å². The van der Waals surface area contributed by atoms with Gasteiger partial charge in [0, 0.05) is 12.8 Å². The molecule has 0 amide bonds. The molecule has 1 aromatic heterocycles. The molecule has 5 nitrogen and oxygen atoms in total. The van der Waals surface area contributed by atoms with Crippen molar-refractivity contribution in [2.75, 3.05) is 12.4 Å². The topological polar surface area (TPSA) is 60.2 Å². The molecule has 0 fully saturated rings. The second-order valence-electron chi connectivity index (χ2n) is 3.78. The fourth-order valence-electron chi connectivity index (χ4n) is 1.53. The minimum atomic E-state index is 0.603. The van der Waals surface area contributed by atoms with Crippen LogP contribution in [0.5, 0.6) is 0 Å². The summed E-state index contributed by atoms with van der Waals surface area (Å²) in [5.74, 6) is 0. The highest BCUT2D eigenvalue weighted by Gasteiger charge is 2.04. The molecule has 0 aliphatic rings. The van der Waals surface area contributed by atoms with Crippen LogP contribution in [0.25, 0.3) is 0 Å². The Hall–Kier alpha value is -1.88. The van der Waals surface area contributed by atoms with Gasteiger partial charge in [-0.3, -0.25) is 0 Å². The van der Waals surface area contributed by atoms with E-state index < -0.39 is 0 Å². The number of aromatic nitrogens is 2. The number of ether oxygens (including phenoxy) is 1. The molecule has 1 aromatic carbocycles. The molecule has 0 aliphatic heterocycles. The maximum atomic E-state index is 5.09. The summed E-state index contributed by atoms with van der Waals surface area (Å²) in [4.78, 5) is 0. The zero-order valence-electron chi connectivity index (χ0n) is 9.93. The third-order valence-electron chi connectivity index (χ3n) is 2.44. The maximum Gasteiger partial charge on any atom is 0.127 e. The first kappa shape index (κ1) is 11.6. The zero-order valence-corrected chi connectivity index (χ0v) is 9.93. The van der Waals surface area contributed by atoms with Gasteiger partial charge in [0.1, 0.15) is 11.4 Å². The predicted molar refractivity (Wildman–Crippen MR) is 63.5 cm³/mol. The quantitative estimate of drug-likeness (QED) is 0.857. The van der Waals surface area contributed by atoms with Gasteiger partial charge in [0.15, 0.2) is 0 Å². The molecule has 90 valence electrons. The van der Waals surface area contributed by atoms with Crippen LogP contribution in [0.15, 0.2) is 28.9 Å². The lowest BCUT2D eigenvalue weighted by molar-refractivity contribution is 0.185. The lowest BCUT2D eigenvalue weighted by atomic mass is 10.2. The molecule has 17 heavy (non-hydrogen) atoms. The van der Waals surface area contributed by atoms with E-state index in [1.165, 1.54) is 0 Å². The minimum absolute atomic E-state index is 0.603. The third kappa shape index (κ3) is 3.04. The van der Waals surface area contributed by atoms with E-state index in [4.69, 9.17) is 4.74 Å². The van der Waals surface area contributed by atoms with Crippen molar-refractivity contribution in [2.24, 2.45) is 0 Å². The van der Waals surface area contributed by atoms with Crippen LogP contribution in [0.2, 0.25) is 0 Å². The predicted octanol–water partition coefficient (Wildman–Crippen LogP) is 2.14. The van der Waals surface area contributed by atoms with Gasteiger partial charge >= 0.3 is 0 Å². The van der Waals surface area contributed by atoms with E-state index in [1.54, 1.807) is 7.11 Å². The number of nitrogens with one attached hydrogen (secondary N) is 1. The van der Waals surface area contributed by atoms with Crippen molar-refractivity contribution in [3.8, 4) is 0 Å². The van der Waals surface area contributed by atoms with Crippen LogP contribution in [-0.4, -0.2) is 17.4 Å². The average molecular weight is 233 g/mol. The van der Waals surface area contributed by atoms with Crippen molar-refractivity contribution in [1.82, 2.24) is 10.3 Å². The number of rotatable bonds is 5. The Kier molecular flexibility index (Phi) is 3.72. The normalized spacial score (nSPS) is 10.5. The maximum absolute atomic E-state index is 5.09. The minimum Gasteiger partial charge on any atom is -0.380 e. The van der Waals surface area contributed by atoms with Gasteiger partial charge in [0.2, 0.25) is 0 Å². The number of hydrogen-bond acceptors (Lipinski definition) is 5. The van der Waals surface area contributed by atoms with Gasteiger partial charge in [0.05, 0.1) is 13.2 Å². The standard InChI is InChI=1S/C12H15N3O2/c1-9-12(15-17-14-9)7-13-11-5-3-4-10(6-11)8-16-2/h3-6,13H,7-8H2,1-2H3. The van der Waals surface area contributed by atoms with E-state index in [0.717, 1.165) is 22.6 Å². The molecule has 0 aliphatic carbocycles. The van der Waals surface area contributed by atoms with E-state index in [1.807, 2.05) is 31.2 Å². The zero-order chi connectivity index (χ0) is 12.1. The largest absolute Gasteiger partial charge is 0.380 e. The van der Waals surface area contributed by atoms with Crippen LogP contribution in [0.4, 0.5) is 5.69 Å². The molecule has 0 saturated heterocycles. The Morgan fingerprint density at radius 3 is 2.94 bits per heavy atom. The van der Waals surface area contributed by atoms with Gasteiger partial charge in [-0.05, 0) is 24.6 Å². The number of benzene rings is 1. The second-order valence-corrected chi connectivity index (χ2v) is 3.78. The first-order chi connectivity index (χ1) is 8.29. The number of hydrogen-bond donors (Lipinski definition) is 1. The monoisotopic (exact) mass is 233 g/mol. The summed E-state index contributed by atoms with van der Waals surface area (Å²) in [6.45, 7) is 3.08. The Morgan fingerprint density at radius 1 is 1.35 bits per heavy atom. The highest BCUT2D eigenvalue weighted by atomic mass is 16.6. The first-order valence-corrected chi connectivity index (χ1v) is 5.39. The van der Waals surface area contributed by atoms with Gasteiger partial charge in [-0.1, -0.05) is 22.4 Å². The Bertz CT molecular complexity index is 482. The fraction of sp³-hybridized carbons (Fsp3) is 0.333. The van der Waals surface area contributed by atoms with E-state index >= 15 is 0 Å². The smallest absolute Gasteiger partial charge is 0.127 e. The summed E-state index contributed by atoms with van der Waals surface area (Å²) in [6.07, 6.45) is 0. The van der Waals surface area contributed by atoms with Crippen LogP contribution >= 0.6 is 0 Å². The molecule has 0 atom stereocenters. The molecule has 2 rings (SSSR count). The van der Waals surface area contributed by atoms with Crippen molar-refractivity contribution in [3.63, 3.8) is 0 Å². The number of anilines is 1. The molecular formula is C12H15N3O2. The highest BCUT2D eigenvalue weighted by molar-refractivity contribution is 5.45. The summed E-state index contributed by atoms with van der Waals surface area (Å²) in [7, 11) is 1.69. The number of aryl methyl sites for hydroxylation is 1. The van der Waals surface area contributed by atoms with Gasteiger partial charge in [-0.2, -0.15) is 0 Å². The summed E-state index contributed by atoms with van der Waals surface area (Å²) in [6, 6.07) is 8.07. The van der Waals surface area contributed by atoms with Crippen LogP contribution in [0.1, 0.15) is 17.0 Å². The molecule has 1 N–H and O–H groups in total. The van der Waals surface area contributed by atoms with Crippen LogP contribution in [0, 0.1) is 6.92 Å². The first-order valence-electron chi connectivity index (χ1n) is 5.39. The van der Waals surface area contributed by atoms with Crippen LogP contribution < -0.4 is 5.32 Å². The molecule has 0 saturated carbocycles. The van der Waals surface area contributed by atoms with Crippen molar-refractivity contribution in [2.45, 2.75) is 20.1 Å². The van der Waals surface area contributed by atoms with Gasteiger partial charge in [-0.25, -0.2) is 4.63 Å². The number of nitrogens with zero attached hydrogens (tertiary/aromatic N) is 2. The summed E-state index contributed by atoms with van der Waals surface area (Å²) in [5.41, 5.74) is 3.79. The SMILES string of the molecule is COCc1cccc(NCc2nonc2C)c1. The van der Waals surface area contributed by atoms with Crippen molar-refractivity contribution >= 4 is 5.69 Å². The van der Waals surface area contributed by atoms with E-state index in [-0.39, 0.29) is 0 Å². The summed E-state index contributed by atoms with van der Waals surface area (Å²) >= 11 is 0. The Labute approximate surface area is 99.7 Å². The molecule has 0 radical (unpaired) electrons. The average Bonchev–Trinajstić information content (AvgIpc) is 2.73. The van der Waals surface area contributed by atoms with Gasteiger partial charge in [0.25, 0.3) is 0 Å². The summed E-state index contributed by atoms with van der Waals surface area (Å²) in [5, 5.41) is 10.8. The van der Waals surface area contributed by atoms with Gasteiger partial charge in [-0.15, -0.1) is 0 Å². The lowest BCUT2D eigenvalue weighted by Crippen LogP contribution is -2.01. The van der Waals surface area contributed by atoms with Crippen molar-refractivity contribution in [3.05, 3.63) is 41.2 Å². The fourth-order valence-corrected chi connectivity index (χ4v) is 1.53. The molecule has 1 heterocycles. The molecule has 2 aromatic rings. The molecule has 5 heteroatoms. The lowest BCUT2D eigenvalue weighted by Gasteiger charge is -2.06. The van der Waals surface area contributed by atoms with E-state index in [0.29, 0.717) is 13.2 Å². The van der Waals surface area contributed by atoms with E-state index in [9.17, 15) is 0 Å². The third-order valence-corrected chi connectivity index (χ3v) is 2.44. The second kappa shape index (κ2) is 5.45. The van der Waals surface area contributed by atoms with Crippen molar-refractivity contribution in [1.29, 1.82) is 0 Å². The van der Waals surface area contributed by atoms with Crippen LogP contribution in [0.3, 0.4) is 0 Å². The number of methoxy groups -OCH3 is 1. The van der Waals surface area contributed by atoms with Crippen molar-refractivity contribution < 1.29 is 9.37 Å². The molecule has 0 spiro atoms. The molecule has 0 unspecified atom stereocenters. The van der Waals surface area contributed by atoms with Gasteiger partial charge < -0.3 is 10.1 Å². The molecular weight excluding hydrogens is 218 g/mol. The summed E-state index contributed by atoms with van der Waals surface area (Å²) < 4.78 is 9.72. The molecule has 0 bridgehead atoms.